The number of nitrogens with zero attached hydrogens (tertiary/aromatic N) is 2. The fourth-order valence-electron chi connectivity index (χ4n) is 2.69. The van der Waals surface area contributed by atoms with Crippen molar-refractivity contribution >= 4 is 5.97 Å². The van der Waals surface area contributed by atoms with Crippen molar-refractivity contribution in [3.8, 4) is 0 Å². The monoisotopic (exact) mass is 286 g/mol. The van der Waals surface area contributed by atoms with Crippen molar-refractivity contribution in [1.29, 1.82) is 0 Å². The predicted molar refractivity (Wildman–Crippen MR) is 82.3 cm³/mol. The van der Waals surface area contributed by atoms with Gasteiger partial charge in [-0.2, -0.15) is 5.10 Å². The van der Waals surface area contributed by atoms with E-state index >= 15 is 0 Å². The topological polar surface area (TPSA) is 44.1 Å². The molecule has 0 saturated carbocycles. The maximum atomic E-state index is 12.4. The van der Waals surface area contributed by atoms with Crippen LogP contribution in [-0.4, -0.2) is 22.4 Å². The van der Waals surface area contributed by atoms with Crippen LogP contribution in [0.25, 0.3) is 0 Å². The molecule has 4 heteroatoms. The normalized spacial score (nSPS) is 12.2. The smallest absolute Gasteiger partial charge is 0.335 e. The minimum atomic E-state index is -0.523. The number of benzene rings is 1. The van der Waals surface area contributed by atoms with Gasteiger partial charge in [0.2, 0.25) is 0 Å². The average Bonchev–Trinajstić information content (AvgIpc) is 2.75. The molecule has 0 aliphatic rings. The van der Waals surface area contributed by atoms with Gasteiger partial charge in [-0.1, -0.05) is 37.3 Å². The lowest BCUT2D eigenvalue weighted by Gasteiger charge is -2.18. The Morgan fingerprint density at radius 1 is 1.24 bits per heavy atom. The highest BCUT2D eigenvalue weighted by Gasteiger charge is 2.27. The number of carbonyl (C=O) groups excluding carboxylic acids is 1. The Kier molecular flexibility index (Phi) is 4.78. The number of carbonyl (C=O) groups is 1. The van der Waals surface area contributed by atoms with E-state index in [0.29, 0.717) is 6.61 Å². The molecular weight excluding hydrogens is 264 g/mol. The van der Waals surface area contributed by atoms with E-state index in [0.717, 1.165) is 23.4 Å². The Balaban J connectivity index is 2.53. The summed E-state index contributed by atoms with van der Waals surface area (Å²) in [5.41, 5.74) is 4.08. The van der Waals surface area contributed by atoms with Crippen molar-refractivity contribution in [1.82, 2.24) is 9.78 Å². The number of ether oxygens (including phenoxy) is 1. The molecule has 0 aliphatic heterocycles. The molecule has 21 heavy (non-hydrogen) atoms. The summed E-state index contributed by atoms with van der Waals surface area (Å²) in [6.07, 6.45) is 0.905. The fraction of sp³-hybridized carbons (Fsp3) is 0.412. The van der Waals surface area contributed by atoms with E-state index in [4.69, 9.17) is 4.74 Å². The molecule has 1 heterocycles. The van der Waals surface area contributed by atoms with Crippen molar-refractivity contribution in [2.75, 3.05) is 6.61 Å². The van der Waals surface area contributed by atoms with E-state index in [1.165, 1.54) is 5.56 Å². The molecule has 1 unspecified atom stereocenters. The minimum absolute atomic E-state index is 0.267. The Morgan fingerprint density at radius 3 is 2.43 bits per heavy atom. The molecule has 0 aliphatic carbocycles. The number of hydrogen-bond donors (Lipinski definition) is 0. The van der Waals surface area contributed by atoms with Crippen LogP contribution < -0.4 is 0 Å². The first-order chi connectivity index (χ1) is 10.1. The van der Waals surface area contributed by atoms with Crippen molar-refractivity contribution in [2.45, 2.75) is 40.2 Å². The number of aryl methyl sites for hydroxylation is 1. The molecule has 112 valence electrons. The number of rotatable bonds is 5. The van der Waals surface area contributed by atoms with Gasteiger partial charge in [-0.15, -0.1) is 0 Å². The molecule has 1 aromatic carbocycles. The zero-order chi connectivity index (χ0) is 15.4. The predicted octanol–water partition coefficient (Wildman–Crippen LogP) is 3.21. The molecule has 2 rings (SSSR count). The molecule has 2 aromatic rings. The molecule has 0 spiro atoms. The number of esters is 1. The summed E-state index contributed by atoms with van der Waals surface area (Å²) >= 11 is 0. The Labute approximate surface area is 125 Å². The first-order valence-corrected chi connectivity index (χ1v) is 7.36. The lowest BCUT2D eigenvalue weighted by atomic mass is 10.1. The van der Waals surface area contributed by atoms with Crippen LogP contribution in [0.4, 0.5) is 0 Å². The van der Waals surface area contributed by atoms with Crippen LogP contribution in [0.3, 0.4) is 0 Å². The summed E-state index contributed by atoms with van der Waals surface area (Å²) in [5.74, 6) is -0.267. The van der Waals surface area contributed by atoms with Crippen LogP contribution in [0.15, 0.2) is 30.3 Å². The lowest BCUT2D eigenvalue weighted by Crippen LogP contribution is -2.25. The highest BCUT2D eigenvalue weighted by atomic mass is 16.5. The molecule has 4 nitrogen and oxygen atoms in total. The third kappa shape index (κ3) is 2.99. The van der Waals surface area contributed by atoms with Gasteiger partial charge in [-0.25, -0.2) is 4.79 Å². The van der Waals surface area contributed by atoms with Gasteiger partial charge in [-0.3, -0.25) is 4.68 Å². The van der Waals surface area contributed by atoms with E-state index in [2.05, 4.69) is 12.0 Å². The maximum Gasteiger partial charge on any atom is 0.335 e. The van der Waals surface area contributed by atoms with Gasteiger partial charge in [0.15, 0.2) is 6.04 Å². The SMILES string of the molecule is CCOC(=O)C(c1ccccc1)n1nc(C)c(CC)c1C. The van der Waals surface area contributed by atoms with Crippen LogP contribution in [0.1, 0.15) is 42.4 Å². The van der Waals surface area contributed by atoms with E-state index in [1.54, 1.807) is 4.68 Å². The molecule has 0 bridgehead atoms. The fourth-order valence-corrected chi connectivity index (χ4v) is 2.69. The number of hydrogen-bond acceptors (Lipinski definition) is 3. The first-order valence-electron chi connectivity index (χ1n) is 7.36. The largest absolute Gasteiger partial charge is 0.464 e. The molecular formula is C17H22N2O2. The highest BCUT2D eigenvalue weighted by molar-refractivity contribution is 5.78. The van der Waals surface area contributed by atoms with Crippen LogP contribution in [0, 0.1) is 13.8 Å². The van der Waals surface area contributed by atoms with Gasteiger partial charge in [0, 0.05) is 5.69 Å². The van der Waals surface area contributed by atoms with E-state index in [9.17, 15) is 4.79 Å². The first kappa shape index (κ1) is 15.3. The van der Waals surface area contributed by atoms with Crippen LogP contribution in [0.5, 0.6) is 0 Å². The van der Waals surface area contributed by atoms with Gasteiger partial charge < -0.3 is 4.74 Å². The maximum absolute atomic E-state index is 12.4. The number of aromatic nitrogens is 2. The summed E-state index contributed by atoms with van der Waals surface area (Å²) in [4.78, 5) is 12.4. The minimum Gasteiger partial charge on any atom is -0.464 e. The van der Waals surface area contributed by atoms with Gasteiger partial charge in [0.1, 0.15) is 0 Å². The molecule has 0 radical (unpaired) electrons. The van der Waals surface area contributed by atoms with Gasteiger partial charge in [0.25, 0.3) is 0 Å². The molecule has 1 aromatic heterocycles. The Bertz CT molecular complexity index is 617. The second-order valence-electron chi connectivity index (χ2n) is 5.01. The van der Waals surface area contributed by atoms with Crippen molar-refractivity contribution in [3.05, 3.63) is 52.8 Å². The van der Waals surface area contributed by atoms with Crippen molar-refractivity contribution in [3.63, 3.8) is 0 Å². The Morgan fingerprint density at radius 2 is 1.90 bits per heavy atom. The van der Waals surface area contributed by atoms with E-state index in [-0.39, 0.29) is 5.97 Å². The van der Waals surface area contributed by atoms with E-state index in [1.807, 2.05) is 51.1 Å². The van der Waals surface area contributed by atoms with Crippen LogP contribution in [0.2, 0.25) is 0 Å². The van der Waals surface area contributed by atoms with E-state index < -0.39 is 6.04 Å². The molecule has 0 N–H and O–H groups in total. The molecule has 0 amide bonds. The second-order valence-corrected chi connectivity index (χ2v) is 5.01. The highest BCUT2D eigenvalue weighted by Crippen LogP contribution is 2.24. The molecule has 0 fully saturated rings. The van der Waals surface area contributed by atoms with Gasteiger partial charge in [0.05, 0.1) is 12.3 Å². The quantitative estimate of drug-likeness (QED) is 0.793. The lowest BCUT2D eigenvalue weighted by molar-refractivity contribution is -0.146. The second kappa shape index (κ2) is 6.57. The summed E-state index contributed by atoms with van der Waals surface area (Å²) in [5, 5.41) is 4.58. The molecule has 1 atom stereocenters. The average molecular weight is 286 g/mol. The van der Waals surface area contributed by atoms with Gasteiger partial charge in [-0.05, 0) is 38.3 Å². The van der Waals surface area contributed by atoms with Crippen molar-refractivity contribution in [2.24, 2.45) is 0 Å². The summed E-state index contributed by atoms with van der Waals surface area (Å²) in [6.45, 7) is 8.27. The third-order valence-corrected chi connectivity index (χ3v) is 3.70. The summed E-state index contributed by atoms with van der Waals surface area (Å²) in [6, 6.07) is 9.13. The zero-order valence-electron chi connectivity index (χ0n) is 13.1. The Hall–Kier alpha value is -2.10. The van der Waals surface area contributed by atoms with Crippen LogP contribution in [-0.2, 0) is 16.0 Å². The standard InChI is InChI=1S/C17H22N2O2/c1-5-15-12(3)18-19(13(15)4)16(17(20)21-6-2)14-10-8-7-9-11-14/h7-11,16H,5-6H2,1-4H3. The summed E-state index contributed by atoms with van der Waals surface area (Å²) in [7, 11) is 0. The summed E-state index contributed by atoms with van der Waals surface area (Å²) < 4.78 is 7.04. The zero-order valence-corrected chi connectivity index (χ0v) is 13.1. The molecule has 0 saturated heterocycles. The van der Waals surface area contributed by atoms with Gasteiger partial charge >= 0.3 is 5.97 Å². The van der Waals surface area contributed by atoms with Crippen molar-refractivity contribution < 1.29 is 9.53 Å². The third-order valence-electron chi connectivity index (χ3n) is 3.70. The van der Waals surface area contributed by atoms with Crippen LogP contribution >= 0.6 is 0 Å².